The largest absolute Gasteiger partial charge is 0.469 e. The molecule has 3 heteroatoms. The van der Waals surface area contributed by atoms with Crippen molar-refractivity contribution < 1.29 is 9.53 Å². The lowest BCUT2D eigenvalue weighted by Crippen LogP contribution is -2.34. The molecule has 0 bridgehead atoms. The Balaban J connectivity index is 2.09. The molecule has 1 N–H and O–H groups in total. The van der Waals surface area contributed by atoms with Gasteiger partial charge in [-0.25, -0.2) is 0 Å². The topological polar surface area (TPSA) is 38.3 Å². The minimum absolute atomic E-state index is 0.0950. The van der Waals surface area contributed by atoms with Gasteiger partial charge < -0.3 is 10.1 Å². The van der Waals surface area contributed by atoms with E-state index in [4.69, 9.17) is 0 Å². The minimum atomic E-state index is -0.0950. The molecule has 3 nitrogen and oxygen atoms in total. The van der Waals surface area contributed by atoms with Gasteiger partial charge in [-0.3, -0.25) is 4.79 Å². The summed E-state index contributed by atoms with van der Waals surface area (Å²) in [7, 11) is 1.44. The van der Waals surface area contributed by atoms with Crippen LogP contribution >= 0.6 is 0 Å². The zero-order chi connectivity index (χ0) is 8.81. The molecule has 0 spiro atoms. The molecule has 1 atom stereocenters. The lowest BCUT2D eigenvalue weighted by Gasteiger charge is -2.22. The molecule has 1 fully saturated rings. The monoisotopic (exact) mass is 171 g/mol. The third kappa shape index (κ3) is 3.22. The zero-order valence-electron chi connectivity index (χ0n) is 7.64. The maximum Gasteiger partial charge on any atom is 0.305 e. The van der Waals surface area contributed by atoms with E-state index in [1.807, 2.05) is 0 Å². The number of ether oxygens (including phenoxy) is 1. The smallest absolute Gasteiger partial charge is 0.305 e. The molecule has 0 aliphatic carbocycles. The Bertz CT molecular complexity index is 141. The fraction of sp³-hybridized carbons (Fsp3) is 0.889. The Morgan fingerprint density at radius 1 is 1.58 bits per heavy atom. The summed E-state index contributed by atoms with van der Waals surface area (Å²) in [6.45, 7) is 1.10. The molecule has 0 saturated carbocycles. The highest BCUT2D eigenvalue weighted by Gasteiger charge is 2.13. The number of nitrogens with one attached hydrogen (secondary N) is 1. The Morgan fingerprint density at radius 2 is 2.42 bits per heavy atom. The highest BCUT2D eigenvalue weighted by atomic mass is 16.5. The van der Waals surface area contributed by atoms with Crippen LogP contribution in [-0.4, -0.2) is 25.7 Å². The van der Waals surface area contributed by atoms with Gasteiger partial charge in [-0.2, -0.15) is 0 Å². The van der Waals surface area contributed by atoms with E-state index < -0.39 is 0 Å². The Labute approximate surface area is 73.5 Å². The van der Waals surface area contributed by atoms with Crippen LogP contribution in [0.3, 0.4) is 0 Å². The Morgan fingerprint density at radius 3 is 3.00 bits per heavy atom. The number of methoxy groups -OCH3 is 1. The van der Waals surface area contributed by atoms with E-state index in [1.165, 1.54) is 26.4 Å². The Hall–Kier alpha value is -0.570. The number of carbonyl (C=O) groups excluding carboxylic acids is 1. The second-order valence-corrected chi connectivity index (χ2v) is 3.26. The summed E-state index contributed by atoms with van der Waals surface area (Å²) in [6, 6.07) is 0.540. The highest BCUT2D eigenvalue weighted by molar-refractivity contribution is 5.69. The first-order valence-electron chi connectivity index (χ1n) is 4.63. The van der Waals surface area contributed by atoms with Gasteiger partial charge in [0.15, 0.2) is 0 Å². The Kier molecular flexibility index (Phi) is 4.08. The second-order valence-electron chi connectivity index (χ2n) is 3.26. The number of hydrogen-bond acceptors (Lipinski definition) is 3. The molecule has 1 rings (SSSR count). The van der Waals surface area contributed by atoms with Gasteiger partial charge in [-0.05, 0) is 25.8 Å². The van der Waals surface area contributed by atoms with Gasteiger partial charge in [0.2, 0.25) is 0 Å². The normalized spacial score (nSPS) is 23.6. The summed E-state index contributed by atoms with van der Waals surface area (Å²) in [5.74, 6) is -0.0950. The van der Waals surface area contributed by atoms with Crippen molar-refractivity contribution in [2.24, 2.45) is 0 Å². The molecule has 0 aromatic heterocycles. The van der Waals surface area contributed by atoms with E-state index in [0.29, 0.717) is 12.5 Å². The van der Waals surface area contributed by atoms with E-state index in [1.54, 1.807) is 0 Å². The van der Waals surface area contributed by atoms with Crippen LogP contribution in [0.15, 0.2) is 0 Å². The van der Waals surface area contributed by atoms with Crippen LogP contribution in [0.5, 0.6) is 0 Å². The van der Waals surface area contributed by atoms with Gasteiger partial charge in [0.1, 0.15) is 0 Å². The maximum absolute atomic E-state index is 10.8. The van der Waals surface area contributed by atoms with Gasteiger partial charge >= 0.3 is 5.97 Å². The molecule has 0 unspecified atom stereocenters. The lowest BCUT2D eigenvalue weighted by atomic mass is 10.0. The molecule has 1 saturated heterocycles. The first kappa shape index (κ1) is 9.52. The lowest BCUT2D eigenvalue weighted by molar-refractivity contribution is -0.140. The summed E-state index contributed by atoms with van der Waals surface area (Å²) in [5, 5.41) is 3.39. The number of hydrogen-bond donors (Lipinski definition) is 1. The molecule has 1 aliphatic heterocycles. The van der Waals surface area contributed by atoms with Crippen LogP contribution < -0.4 is 5.32 Å². The fourth-order valence-corrected chi connectivity index (χ4v) is 1.56. The first-order chi connectivity index (χ1) is 5.83. The number of rotatable bonds is 3. The van der Waals surface area contributed by atoms with Gasteiger partial charge in [0.05, 0.1) is 7.11 Å². The van der Waals surface area contributed by atoms with E-state index in [0.717, 1.165) is 13.0 Å². The predicted octanol–water partition coefficient (Wildman–Crippen LogP) is 1.08. The van der Waals surface area contributed by atoms with E-state index in [2.05, 4.69) is 10.1 Å². The summed E-state index contributed by atoms with van der Waals surface area (Å²) in [5.41, 5.74) is 0. The van der Waals surface area contributed by atoms with Crippen molar-refractivity contribution in [1.82, 2.24) is 5.32 Å². The molecular formula is C9H17NO2. The number of piperidine rings is 1. The van der Waals surface area contributed by atoms with Crippen LogP contribution in [-0.2, 0) is 9.53 Å². The second kappa shape index (κ2) is 5.14. The van der Waals surface area contributed by atoms with Crippen LogP contribution in [0.4, 0.5) is 0 Å². The van der Waals surface area contributed by atoms with Crippen molar-refractivity contribution in [2.45, 2.75) is 38.1 Å². The van der Waals surface area contributed by atoms with E-state index >= 15 is 0 Å². The number of carbonyl (C=O) groups is 1. The average Bonchev–Trinajstić information content (AvgIpc) is 2.16. The molecular weight excluding hydrogens is 154 g/mol. The van der Waals surface area contributed by atoms with E-state index in [9.17, 15) is 4.79 Å². The van der Waals surface area contributed by atoms with Gasteiger partial charge in [-0.15, -0.1) is 0 Å². The minimum Gasteiger partial charge on any atom is -0.469 e. The van der Waals surface area contributed by atoms with Crippen molar-refractivity contribution in [3.8, 4) is 0 Å². The number of esters is 1. The molecule has 0 aromatic rings. The van der Waals surface area contributed by atoms with Crippen molar-refractivity contribution in [3.05, 3.63) is 0 Å². The first-order valence-corrected chi connectivity index (χ1v) is 4.63. The van der Waals surface area contributed by atoms with Crippen LogP contribution in [0.2, 0.25) is 0 Å². The molecule has 0 radical (unpaired) electrons. The van der Waals surface area contributed by atoms with Crippen molar-refractivity contribution >= 4 is 5.97 Å². The van der Waals surface area contributed by atoms with Crippen molar-refractivity contribution in [1.29, 1.82) is 0 Å². The van der Waals surface area contributed by atoms with Gasteiger partial charge in [0, 0.05) is 12.5 Å². The zero-order valence-corrected chi connectivity index (χ0v) is 7.64. The van der Waals surface area contributed by atoms with Gasteiger partial charge in [-0.1, -0.05) is 6.42 Å². The molecule has 1 aliphatic rings. The molecule has 0 aromatic carbocycles. The van der Waals surface area contributed by atoms with Gasteiger partial charge in [0.25, 0.3) is 0 Å². The average molecular weight is 171 g/mol. The summed E-state index contributed by atoms with van der Waals surface area (Å²) >= 11 is 0. The van der Waals surface area contributed by atoms with Crippen molar-refractivity contribution in [3.63, 3.8) is 0 Å². The third-order valence-corrected chi connectivity index (χ3v) is 2.34. The highest BCUT2D eigenvalue weighted by Crippen LogP contribution is 2.11. The predicted molar refractivity (Wildman–Crippen MR) is 46.9 cm³/mol. The van der Waals surface area contributed by atoms with Crippen LogP contribution in [0.1, 0.15) is 32.1 Å². The molecule has 70 valence electrons. The standard InChI is InChI=1S/C9H17NO2/c1-12-9(11)6-5-8-4-2-3-7-10-8/h8,10H,2-7H2,1H3/t8-/m1/s1. The van der Waals surface area contributed by atoms with Crippen LogP contribution in [0, 0.1) is 0 Å². The quantitative estimate of drug-likeness (QED) is 0.646. The third-order valence-electron chi connectivity index (χ3n) is 2.34. The molecule has 0 amide bonds. The summed E-state index contributed by atoms with van der Waals surface area (Å²) in [4.78, 5) is 10.8. The van der Waals surface area contributed by atoms with Crippen LogP contribution in [0.25, 0.3) is 0 Å². The van der Waals surface area contributed by atoms with Crippen molar-refractivity contribution in [2.75, 3.05) is 13.7 Å². The van der Waals surface area contributed by atoms with E-state index in [-0.39, 0.29) is 5.97 Å². The SMILES string of the molecule is COC(=O)CC[C@H]1CCCCN1. The maximum atomic E-state index is 10.8. The molecule has 1 heterocycles. The summed E-state index contributed by atoms with van der Waals surface area (Å²) in [6.07, 6.45) is 5.24. The fourth-order valence-electron chi connectivity index (χ4n) is 1.56. The molecule has 12 heavy (non-hydrogen) atoms. The summed E-state index contributed by atoms with van der Waals surface area (Å²) < 4.78 is 4.57.